The number of hydrogen-bond acceptors (Lipinski definition) is 7. The van der Waals surface area contributed by atoms with Gasteiger partial charge in [-0.05, 0) is 70.6 Å². The minimum absolute atomic E-state index is 0.0227. The van der Waals surface area contributed by atoms with Gasteiger partial charge in [0.1, 0.15) is 19.3 Å². The Morgan fingerprint density at radius 1 is 0.544 bits per heavy atom. The Bertz CT molecular complexity index is 1010. The maximum Gasteiger partial charge on any atom is 0.306 e. The number of carbonyl (C=O) groups excluding carboxylic acids is 1. The third kappa shape index (κ3) is 45.7. The number of allylic oxidation sites excluding steroid dienone is 6. The molecule has 0 amide bonds. The predicted octanol–water partition coefficient (Wildman–Crippen LogP) is 13.5. The topological polar surface area (TPSA) is 94.1 Å². The van der Waals surface area contributed by atoms with E-state index in [1.807, 2.05) is 21.1 Å². The van der Waals surface area contributed by atoms with Gasteiger partial charge in [-0.15, -0.1) is 0 Å². The van der Waals surface area contributed by atoms with E-state index in [2.05, 4.69) is 50.3 Å². The molecular formula is C48H92NO7P. The van der Waals surface area contributed by atoms with Gasteiger partial charge in [0.05, 0.1) is 34.4 Å². The molecule has 0 bridgehead atoms. The number of quaternary nitrogens is 1. The molecule has 0 aliphatic carbocycles. The lowest BCUT2D eigenvalue weighted by atomic mass is 10.1. The molecule has 0 radical (unpaired) electrons. The molecule has 8 nitrogen and oxygen atoms in total. The van der Waals surface area contributed by atoms with Gasteiger partial charge in [0.25, 0.3) is 7.82 Å². The van der Waals surface area contributed by atoms with Crippen LogP contribution in [0.15, 0.2) is 36.5 Å². The maximum absolute atomic E-state index is 12.7. The fourth-order valence-electron chi connectivity index (χ4n) is 6.45. The summed E-state index contributed by atoms with van der Waals surface area (Å²) in [5.41, 5.74) is 0. The van der Waals surface area contributed by atoms with Gasteiger partial charge in [-0.3, -0.25) is 9.36 Å². The largest absolute Gasteiger partial charge is 0.756 e. The van der Waals surface area contributed by atoms with Crippen LogP contribution in [0, 0.1) is 0 Å². The lowest BCUT2D eigenvalue weighted by Gasteiger charge is -2.28. The van der Waals surface area contributed by atoms with E-state index in [-0.39, 0.29) is 25.8 Å². The maximum atomic E-state index is 12.7. The molecule has 9 heteroatoms. The van der Waals surface area contributed by atoms with E-state index in [9.17, 15) is 14.3 Å². The van der Waals surface area contributed by atoms with Crippen LogP contribution in [0.25, 0.3) is 0 Å². The van der Waals surface area contributed by atoms with Crippen LogP contribution in [0.4, 0.5) is 0 Å². The summed E-state index contributed by atoms with van der Waals surface area (Å²) < 4.78 is 34.6. The quantitative estimate of drug-likeness (QED) is 0.0198. The zero-order valence-electron chi connectivity index (χ0n) is 38.0. The lowest BCUT2D eigenvalue weighted by molar-refractivity contribution is -0.870. The van der Waals surface area contributed by atoms with Crippen molar-refractivity contribution in [3.8, 4) is 0 Å². The van der Waals surface area contributed by atoms with Crippen LogP contribution in [-0.2, 0) is 27.9 Å². The SMILES string of the molecule is CCCCCC/C=C\C/C=C\CCCCCCCC(=O)OC(COCCCCCCCCCC/C=C\CCCCCCCCC)COP(=O)([O-])OCC[N+](C)(C)C. The van der Waals surface area contributed by atoms with Crippen molar-refractivity contribution in [1.82, 2.24) is 0 Å². The number of esters is 1. The minimum Gasteiger partial charge on any atom is -0.756 e. The normalized spacial score (nSPS) is 14.0. The molecule has 57 heavy (non-hydrogen) atoms. The summed E-state index contributed by atoms with van der Waals surface area (Å²) in [6, 6.07) is 0. The van der Waals surface area contributed by atoms with Crippen LogP contribution in [0.2, 0.25) is 0 Å². The summed E-state index contributed by atoms with van der Waals surface area (Å²) >= 11 is 0. The molecule has 0 aromatic rings. The number of ether oxygens (including phenoxy) is 2. The number of nitrogens with zero attached hydrogens (tertiary/aromatic N) is 1. The Morgan fingerprint density at radius 2 is 0.965 bits per heavy atom. The van der Waals surface area contributed by atoms with Gasteiger partial charge in [0.2, 0.25) is 0 Å². The molecule has 0 aromatic heterocycles. The van der Waals surface area contributed by atoms with Gasteiger partial charge in [-0.1, -0.05) is 166 Å². The van der Waals surface area contributed by atoms with E-state index in [4.69, 9.17) is 18.5 Å². The van der Waals surface area contributed by atoms with E-state index >= 15 is 0 Å². The molecule has 336 valence electrons. The second-order valence-electron chi connectivity index (χ2n) is 17.1. The lowest BCUT2D eigenvalue weighted by Crippen LogP contribution is -2.37. The number of hydrogen-bond donors (Lipinski definition) is 0. The average Bonchev–Trinajstić information content (AvgIpc) is 3.16. The minimum atomic E-state index is -4.53. The summed E-state index contributed by atoms with van der Waals surface area (Å²) in [6.45, 7) is 5.38. The van der Waals surface area contributed by atoms with Gasteiger partial charge in [-0.2, -0.15) is 0 Å². The molecule has 0 aromatic carbocycles. The van der Waals surface area contributed by atoms with E-state index in [1.54, 1.807) is 0 Å². The average molecular weight is 826 g/mol. The zero-order chi connectivity index (χ0) is 42.0. The number of phosphoric ester groups is 1. The van der Waals surface area contributed by atoms with Gasteiger partial charge >= 0.3 is 5.97 Å². The molecule has 2 atom stereocenters. The summed E-state index contributed by atoms with van der Waals surface area (Å²) in [5.74, 6) is -0.347. The molecular weight excluding hydrogens is 734 g/mol. The van der Waals surface area contributed by atoms with E-state index in [0.29, 0.717) is 24.1 Å². The highest BCUT2D eigenvalue weighted by Crippen LogP contribution is 2.38. The van der Waals surface area contributed by atoms with Crippen molar-refractivity contribution in [2.45, 2.75) is 213 Å². The highest BCUT2D eigenvalue weighted by molar-refractivity contribution is 7.45. The van der Waals surface area contributed by atoms with Crippen molar-refractivity contribution in [2.75, 3.05) is 54.1 Å². The van der Waals surface area contributed by atoms with E-state index in [0.717, 1.165) is 57.8 Å². The smallest absolute Gasteiger partial charge is 0.306 e. The molecule has 2 unspecified atom stereocenters. The summed E-state index contributed by atoms with van der Waals surface area (Å²) in [4.78, 5) is 25.1. The van der Waals surface area contributed by atoms with Gasteiger partial charge < -0.3 is 27.9 Å². The monoisotopic (exact) mass is 826 g/mol. The van der Waals surface area contributed by atoms with Crippen LogP contribution in [0.3, 0.4) is 0 Å². The summed E-state index contributed by atoms with van der Waals surface area (Å²) in [5, 5.41) is 0. The number of rotatable bonds is 44. The predicted molar refractivity (Wildman–Crippen MR) is 240 cm³/mol. The number of likely N-dealkylation sites (N-methyl/N-ethyl adjacent to an activating group) is 1. The van der Waals surface area contributed by atoms with Crippen molar-refractivity contribution < 1.29 is 37.3 Å². The Hall–Kier alpha value is -1.28. The third-order valence-corrected chi connectivity index (χ3v) is 11.1. The first-order valence-corrected chi connectivity index (χ1v) is 25.2. The first-order chi connectivity index (χ1) is 27.6. The molecule has 0 saturated carbocycles. The van der Waals surface area contributed by atoms with E-state index in [1.165, 1.54) is 128 Å². The fraction of sp³-hybridized carbons (Fsp3) is 0.854. The van der Waals surface area contributed by atoms with Crippen molar-refractivity contribution in [1.29, 1.82) is 0 Å². The van der Waals surface area contributed by atoms with Crippen LogP contribution < -0.4 is 4.89 Å². The Balaban J connectivity index is 4.21. The van der Waals surface area contributed by atoms with Crippen LogP contribution >= 0.6 is 7.82 Å². The number of phosphoric acid groups is 1. The molecule has 0 heterocycles. The zero-order valence-corrected chi connectivity index (χ0v) is 38.9. The highest BCUT2D eigenvalue weighted by Gasteiger charge is 2.20. The third-order valence-electron chi connectivity index (χ3n) is 10.2. The molecule has 0 rings (SSSR count). The van der Waals surface area contributed by atoms with Crippen molar-refractivity contribution in [3.05, 3.63) is 36.5 Å². The number of carbonyl (C=O) groups is 1. The second-order valence-corrected chi connectivity index (χ2v) is 18.5. The first-order valence-electron chi connectivity index (χ1n) is 23.7. The second kappa shape index (κ2) is 41.5. The van der Waals surface area contributed by atoms with Crippen LogP contribution in [-0.4, -0.2) is 70.7 Å². The number of unbranched alkanes of at least 4 members (excludes halogenated alkanes) is 24. The summed E-state index contributed by atoms with van der Waals surface area (Å²) in [6.07, 6.45) is 48.7. The Morgan fingerprint density at radius 3 is 1.46 bits per heavy atom. The Labute approximate surface area is 353 Å². The van der Waals surface area contributed by atoms with Crippen LogP contribution in [0.5, 0.6) is 0 Å². The van der Waals surface area contributed by atoms with Crippen LogP contribution in [0.1, 0.15) is 206 Å². The van der Waals surface area contributed by atoms with Gasteiger partial charge in [-0.25, -0.2) is 0 Å². The standard InChI is InChI=1S/C48H92NO7P/c1-6-8-10-12-14-16-18-20-22-24-25-26-28-30-32-34-36-38-40-43-53-45-47(46-55-57(51,52)54-44-42-49(3,4)5)56-48(50)41-39-37-35-33-31-29-27-23-21-19-17-15-13-11-9-7-2/h17,19,22-24,27,47H,6-16,18,20-21,25-26,28-46H2,1-5H3/b19-17-,24-22-,27-23-. The molecule has 0 spiro atoms. The first kappa shape index (κ1) is 55.7. The molecule has 0 fully saturated rings. The van der Waals surface area contributed by atoms with Crippen molar-refractivity contribution in [2.24, 2.45) is 0 Å². The summed E-state index contributed by atoms with van der Waals surface area (Å²) in [7, 11) is 1.35. The van der Waals surface area contributed by atoms with Gasteiger partial charge in [0, 0.05) is 13.0 Å². The molecule has 0 saturated heterocycles. The highest BCUT2D eigenvalue weighted by atomic mass is 31.2. The molecule has 0 N–H and O–H groups in total. The molecule has 0 aliphatic heterocycles. The fourth-order valence-corrected chi connectivity index (χ4v) is 7.18. The van der Waals surface area contributed by atoms with Crippen molar-refractivity contribution >= 4 is 13.8 Å². The van der Waals surface area contributed by atoms with Gasteiger partial charge in [0.15, 0.2) is 0 Å². The van der Waals surface area contributed by atoms with E-state index < -0.39 is 13.9 Å². The van der Waals surface area contributed by atoms with Crippen molar-refractivity contribution in [3.63, 3.8) is 0 Å². The molecule has 0 aliphatic rings. The Kier molecular flexibility index (Phi) is 40.5.